The summed E-state index contributed by atoms with van der Waals surface area (Å²) in [6.07, 6.45) is 0. The lowest BCUT2D eigenvalue weighted by Gasteiger charge is -2.09. The lowest BCUT2D eigenvalue weighted by molar-refractivity contribution is -0.0500. The SMILES string of the molecule is O=S(=O)(Oc1ccc(C#Cc2ccc(C3COC(c4c(F)cccc4F)=N3)cc2)cc1)C(F)(F)F. The van der Waals surface area contributed by atoms with Crippen molar-refractivity contribution in [2.24, 2.45) is 4.99 Å². The van der Waals surface area contributed by atoms with Crippen LogP contribution in [0.25, 0.3) is 0 Å². The minimum absolute atomic E-state index is 0.107. The molecule has 0 radical (unpaired) electrons. The molecule has 180 valence electrons. The van der Waals surface area contributed by atoms with E-state index >= 15 is 0 Å². The van der Waals surface area contributed by atoms with Crippen molar-refractivity contribution < 1.29 is 39.3 Å². The van der Waals surface area contributed by atoms with Gasteiger partial charge in [-0.25, -0.2) is 13.8 Å². The summed E-state index contributed by atoms with van der Waals surface area (Å²) in [7, 11) is -5.75. The molecule has 0 saturated heterocycles. The van der Waals surface area contributed by atoms with E-state index in [0.29, 0.717) is 11.1 Å². The van der Waals surface area contributed by atoms with Crippen molar-refractivity contribution in [1.29, 1.82) is 0 Å². The number of ether oxygens (including phenoxy) is 1. The van der Waals surface area contributed by atoms with Crippen LogP contribution in [0.3, 0.4) is 0 Å². The Morgan fingerprint density at radius 2 is 1.43 bits per heavy atom. The van der Waals surface area contributed by atoms with E-state index < -0.39 is 39.1 Å². The number of hydrogen-bond donors (Lipinski definition) is 0. The number of alkyl halides is 3. The largest absolute Gasteiger partial charge is 0.534 e. The summed E-state index contributed by atoms with van der Waals surface area (Å²) in [4.78, 5) is 4.28. The number of rotatable bonds is 4. The van der Waals surface area contributed by atoms with Crippen LogP contribution >= 0.6 is 0 Å². The minimum Gasteiger partial charge on any atom is -0.475 e. The molecule has 1 aliphatic heterocycles. The van der Waals surface area contributed by atoms with Crippen LogP contribution < -0.4 is 4.18 Å². The van der Waals surface area contributed by atoms with Crippen molar-refractivity contribution >= 4 is 16.0 Å². The summed E-state index contributed by atoms with van der Waals surface area (Å²) in [5.41, 5.74) is -4.07. The third-order valence-electron chi connectivity index (χ3n) is 4.82. The Balaban J connectivity index is 1.44. The zero-order valence-electron chi connectivity index (χ0n) is 17.5. The van der Waals surface area contributed by atoms with Gasteiger partial charge in [0.15, 0.2) is 0 Å². The first kappa shape index (κ1) is 24.2. The fourth-order valence-electron chi connectivity index (χ4n) is 3.08. The fourth-order valence-corrected chi connectivity index (χ4v) is 3.54. The van der Waals surface area contributed by atoms with Crippen molar-refractivity contribution in [1.82, 2.24) is 0 Å². The zero-order valence-corrected chi connectivity index (χ0v) is 18.3. The molecule has 5 nitrogen and oxygen atoms in total. The number of hydrogen-bond acceptors (Lipinski definition) is 5. The summed E-state index contributed by atoms with van der Waals surface area (Å²) in [5, 5.41) is 0. The summed E-state index contributed by atoms with van der Waals surface area (Å²) >= 11 is 0. The lowest BCUT2D eigenvalue weighted by atomic mass is 10.1. The van der Waals surface area contributed by atoms with Crippen molar-refractivity contribution in [3.63, 3.8) is 0 Å². The Morgan fingerprint density at radius 3 is 1.97 bits per heavy atom. The molecule has 0 saturated carbocycles. The molecule has 11 heteroatoms. The molecule has 1 atom stereocenters. The van der Waals surface area contributed by atoms with Crippen LogP contribution in [0.2, 0.25) is 0 Å². The minimum atomic E-state index is -5.75. The summed E-state index contributed by atoms with van der Waals surface area (Å²) in [6, 6.07) is 14.7. The first-order valence-corrected chi connectivity index (χ1v) is 11.3. The molecule has 1 heterocycles. The number of aliphatic imine (C=N–C) groups is 1. The number of benzene rings is 3. The van der Waals surface area contributed by atoms with Crippen molar-refractivity contribution in [3.8, 4) is 17.6 Å². The van der Waals surface area contributed by atoms with E-state index in [0.717, 1.165) is 29.8 Å². The first-order chi connectivity index (χ1) is 16.5. The quantitative estimate of drug-likeness (QED) is 0.213. The van der Waals surface area contributed by atoms with Gasteiger partial charge in [-0.15, -0.1) is 0 Å². The highest BCUT2D eigenvalue weighted by atomic mass is 32.2. The van der Waals surface area contributed by atoms with E-state index in [1.54, 1.807) is 24.3 Å². The van der Waals surface area contributed by atoms with Gasteiger partial charge in [-0.2, -0.15) is 21.6 Å². The Hall–Kier alpha value is -3.91. The van der Waals surface area contributed by atoms with Gasteiger partial charge in [-0.1, -0.05) is 30.0 Å². The molecule has 1 unspecified atom stereocenters. The predicted molar refractivity (Wildman–Crippen MR) is 116 cm³/mol. The maximum Gasteiger partial charge on any atom is 0.534 e. The van der Waals surface area contributed by atoms with Crippen molar-refractivity contribution in [2.45, 2.75) is 11.6 Å². The molecule has 0 N–H and O–H groups in total. The van der Waals surface area contributed by atoms with Gasteiger partial charge in [0.05, 0.1) is 0 Å². The lowest BCUT2D eigenvalue weighted by Crippen LogP contribution is -2.28. The van der Waals surface area contributed by atoms with Crippen molar-refractivity contribution in [3.05, 3.63) is 101 Å². The van der Waals surface area contributed by atoms with E-state index in [1.807, 2.05) is 0 Å². The van der Waals surface area contributed by atoms with Gasteiger partial charge in [0.2, 0.25) is 5.90 Å². The van der Waals surface area contributed by atoms with E-state index in [-0.39, 0.29) is 18.1 Å². The molecule has 3 aromatic carbocycles. The summed E-state index contributed by atoms with van der Waals surface area (Å²) < 4.78 is 96.6. The molecule has 0 fully saturated rings. The van der Waals surface area contributed by atoms with Gasteiger partial charge in [0.1, 0.15) is 35.6 Å². The van der Waals surface area contributed by atoms with Crippen LogP contribution in [0, 0.1) is 23.5 Å². The Bertz CT molecular complexity index is 1420. The Kier molecular flexibility index (Phi) is 6.49. The number of halogens is 5. The van der Waals surface area contributed by atoms with Gasteiger partial charge in [-0.05, 0) is 54.1 Å². The van der Waals surface area contributed by atoms with E-state index in [4.69, 9.17) is 4.74 Å². The van der Waals surface area contributed by atoms with Gasteiger partial charge in [-0.3, -0.25) is 0 Å². The molecule has 3 aromatic rings. The second-order valence-corrected chi connectivity index (χ2v) is 8.78. The maximum atomic E-state index is 14.0. The maximum absolute atomic E-state index is 14.0. The van der Waals surface area contributed by atoms with Crippen LogP contribution in [0.4, 0.5) is 22.0 Å². The average Bonchev–Trinajstić information content (AvgIpc) is 3.28. The van der Waals surface area contributed by atoms with Gasteiger partial charge >= 0.3 is 15.6 Å². The highest BCUT2D eigenvalue weighted by Crippen LogP contribution is 2.28. The molecular formula is C24H14F5NO4S. The highest BCUT2D eigenvalue weighted by Gasteiger charge is 2.48. The smallest absolute Gasteiger partial charge is 0.475 e. The van der Waals surface area contributed by atoms with E-state index in [9.17, 15) is 30.4 Å². The number of nitrogens with zero attached hydrogens (tertiary/aromatic N) is 1. The molecular weight excluding hydrogens is 493 g/mol. The van der Waals surface area contributed by atoms with Crippen LogP contribution in [0.5, 0.6) is 5.75 Å². The molecule has 0 amide bonds. The second-order valence-electron chi connectivity index (χ2n) is 7.24. The normalized spacial score (nSPS) is 15.6. The Morgan fingerprint density at radius 1 is 0.886 bits per heavy atom. The van der Waals surface area contributed by atoms with Crippen LogP contribution in [-0.4, -0.2) is 26.4 Å². The Labute approximate surface area is 197 Å². The molecule has 1 aliphatic rings. The first-order valence-electron chi connectivity index (χ1n) is 9.91. The molecule has 4 rings (SSSR count). The van der Waals surface area contributed by atoms with E-state index in [1.165, 1.54) is 18.2 Å². The molecule has 0 aromatic heterocycles. The molecule has 35 heavy (non-hydrogen) atoms. The molecule has 0 aliphatic carbocycles. The van der Waals surface area contributed by atoms with Gasteiger partial charge in [0.25, 0.3) is 0 Å². The predicted octanol–water partition coefficient (Wildman–Crippen LogP) is 5.11. The summed E-state index contributed by atoms with van der Waals surface area (Å²) in [5.74, 6) is 3.53. The third-order valence-corrected chi connectivity index (χ3v) is 5.80. The average molecular weight is 507 g/mol. The fraction of sp³-hybridized carbons (Fsp3) is 0.125. The summed E-state index contributed by atoms with van der Waals surface area (Å²) in [6.45, 7) is 0.118. The van der Waals surface area contributed by atoms with E-state index in [2.05, 4.69) is 21.0 Å². The second kappa shape index (κ2) is 9.38. The van der Waals surface area contributed by atoms with Crippen molar-refractivity contribution in [2.75, 3.05) is 6.61 Å². The molecule has 0 spiro atoms. The topological polar surface area (TPSA) is 65.0 Å². The van der Waals surface area contributed by atoms with Crippen LogP contribution in [-0.2, 0) is 14.9 Å². The van der Waals surface area contributed by atoms with Crippen LogP contribution in [0.1, 0.15) is 28.3 Å². The third kappa shape index (κ3) is 5.44. The zero-order chi connectivity index (χ0) is 25.2. The van der Waals surface area contributed by atoms with Gasteiger partial charge < -0.3 is 8.92 Å². The monoisotopic (exact) mass is 507 g/mol. The van der Waals surface area contributed by atoms with Gasteiger partial charge in [0, 0.05) is 11.1 Å². The standard InChI is InChI=1S/C24H14F5NO4S/c25-19-2-1-3-20(26)22(19)23-30-21(14-33-23)17-10-6-15(7-11-17)4-5-16-8-12-18(13-9-16)34-35(31,32)24(27,28)29/h1-3,6-13,21H,14H2. The highest BCUT2D eigenvalue weighted by molar-refractivity contribution is 7.88. The van der Waals surface area contributed by atoms with Crippen LogP contribution in [0.15, 0.2) is 71.7 Å². The molecule has 0 bridgehead atoms.